The van der Waals surface area contributed by atoms with Gasteiger partial charge in [-0.05, 0) is 66.7 Å². The van der Waals surface area contributed by atoms with Crippen molar-refractivity contribution in [1.82, 2.24) is 0 Å². The molecule has 2 amide bonds. The smallest absolute Gasteiger partial charge is 0.298 e. The number of thioether (sulfide) groups is 1. The fourth-order valence-electron chi connectivity index (χ4n) is 2.33. The van der Waals surface area contributed by atoms with Crippen LogP contribution < -0.4 is 9.64 Å². The van der Waals surface area contributed by atoms with Crippen LogP contribution in [0.3, 0.4) is 0 Å². The molecule has 0 aliphatic carbocycles. The first kappa shape index (κ1) is 17.0. The van der Waals surface area contributed by atoms with Crippen LogP contribution in [-0.2, 0) is 4.79 Å². The number of imide groups is 1. The summed E-state index contributed by atoms with van der Waals surface area (Å²) in [4.78, 5) is 25.8. The summed E-state index contributed by atoms with van der Waals surface area (Å²) < 4.78 is 18.3. The number of rotatable bonds is 4. The van der Waals surface area contributed by atoms with Crippen molar-refractivity contribution in [2.45, 2.75) is 6.92 Å². The topological polar surface area (TPSA) is 66.8 Å². The number of amides is 2. The Morgan fingerprint density at radius 1 is 1.20 bits per heavy atom. The van der Waals surface area contributed by atoms with Crippen molar-refractivity contribution in [2.75, 3.05) is 11.5 Å². The maximum atomic E-state index is 13.0. The number of hydrogen-bond acceptors (Lipinski definition) is 5. The minimum absolute atomic E-state index is 0.0478. The normalized spacial score (nSPS) is 15.9. The molecular formula is C18H14FNO4S. The van der Waals surface area contributed by atoms with Crippen LogP contribution in [0.2, 0.25) is 0 Å². The van der Waals surface area contributed by atoms with Gasteiger partial charge in [0.05, 0.1) is 17.2 Å². The Labute approximate surface area is 147 Å². The Bertz CT molecular complexity index is 864. The second-order valence-corrected chi connectivity index (χ2v) is 6.15. The van der Waals surface area contributed by atoms with E-state index in [1.165, 1.54) is 36.4 Å². The third-order valence-corrected chi connectivity index (χ3v) is 4.33. The lowest BCUT2D eigenvalue weighted by Gasteiger charge is -2.11. The Kier molecular flexibility index (Phi) is 4.76. The van der Waals surface area contributed by atoms with Gasteiger partial charge >= 0.3 is 0 Å². The van der Waals surface area contributed by atoms with Crippen LogP contribution in [0.1, 0.15) is 12.5 Å². The van der Waals surface area contributed by atoms with Gasteiger partial charge in [-0.25, -0.2) is 9.29 Å². The second kappa shape index (κ2) is 6.98. The first-order valence-electron chi connectivity index (χ1n) is 7.49. The van der Waals surface area contributed by atoms with E-state index in [0.29, 0.717) is 23.6 Å². The van der Waals surface area contributed by atoms with Crippen LogP contribution in [0, 0.1) is 5.82 Å². The predicted octanol–water partition coefficient (Wildman–Crippen LogP) is 4.17. The lowest BCUT2D eigenvalue weighted by Crippen LogP contribution is -2.27. The second-order valence-electron chi connectivity index (χ2n) is 5.15. The first-order valence-corrected chi connectivity index (χ1v) is 8.30. The van der Waals surface area contributed by atoms with Gasteiger partial charge in [0, 0.05) is 0 Å². The Morgan fingerprint density at radius 3 is 2.56 bits per heavy atom. The fraction of sp³-hybridized carbons (Fsp3) is 0.111. The van der Waals surface area contributed by atoms with Gasteiger partial charge < -0.3 is 9.84 Å². The molecule has 128 valence electrons. The number of aromatic hydroxyl groups is 1. The van der Waals surface area contributed by atoms with Gasteiger partial charge in [0.25, 0.3) is 11.1 Å². The number of phenolic OH excluding ortho intramolecular Hbond substituents is 1. The minimum atomic E-state index is -0.491. The van der Waals surface area contributed by atoms with Crippen molar-refractivity contribution >= 4 is 34.7 Å². The summed E-state index contributed by atoms with van der Waals surface area (Å²) in [7, 11) is 0. The standard InChI is InChI=1S/C18H14FNO4S/c1-2-24-15-8-3-11(9-14(15)21)10-16-17(22)20(18(23)25-16)13-6-4-12(19)5-7-13/h3-10,21H,2H2,1H3/b16-10-. The van der Waals surface area contributed by atoms with Crippen LogP contribution in [0.4, 0.5) is 14.9 Å². The van der Waals surface area contributed by atoms with E-state index in [0.717, 1.165) is 16.7 Å². The zero-order valence-corrected chi connectivity index (χ0v) is 14.0. The van der Waals surface area contributed by atoms with E-state index in [2.05, 4.69) is 0 Å². The summed E-state index contributed by atoms with van der Waals surface area (Å²) in [6, 6.07) is 9.84. The van der Waals surface area contributed by atoms with Crippen LogP contribution in [0.25, 0.3) is 6.08 Å². The summed E-state index contributed by atoms with van der Waals surface area (Å²) >= 11 is 0.788. The van der Waals surface area contributed by atoms with Crippen LogP contribution in [0.5, 0.6) is 11.5 Å². The number of carbonyl (C=O) groups excluding carboxylic acids is 2. The van der Waals surface area contributed by atoms with Gasteiger partial charge in [0.15, 0.2) is 11.5 Å². The molecular weight excluding hydrogens is 345 g/mol. The molecule has 2 aromatic rings. The maximum Gasteiger partial charge on any atom is 0.298 e. The summed E-state index contributed by atoms with van der Waals surface area (Å²) in [6.07, 6.45) is 1.52. The number of halogens is 1. The van der Waals surface area contributed by atoms with E-state index in [4.69, 9.17) is 4.74 Å². The van der Waals surface area contributed by atoms with Gasteiger partial charge in [-0.15, -0.1) is 0 Å². The van der Waals surface area contributed by atoms with E-state index in [1.54, 1.807) is 19.1 Å². The molecule has 0 saturated carbocycles. The SMILES string of the molecule is CCOc1ccc(/C=C2\SC(=O)N(c3ccc(F)cc3)C2=O)cc1O. The molecule has 0 spiro atoms. The maximum absolute atomic E-state index is 13.0. The molecule has 0 bridgehead atoms. The molecule has 3 rings (SSSR count). The lowest BCUT2D eigenvalue weighted by atomic mass is 10.2. The molecule has 1 fully saturated rings. The van der Waals surface area contributed by atoms with Crippen LogP contribution in [0.15, 0.2) is 47.4 Å². The number of ether oxygens (including phenoxy) is 1. The van der Waals surface area contributed by atoms with Gasteiger partial charge in [0.1, 0.15) is 5.82 Å². The Morgan fingerprint density at radius 2 is 1.92 bits per heavy atom. The molecule has 0 aromatic heterocycles. The molecule has 1 aliphatic rings. The van der Waals surface area contributed by atoms with E-state index in [-0.39, 0.29) is 10.7 Å². The fourth-order valence-corrected chi connectivity index (χ4v) is 3.17. The molecule has 1 heterocycles. The zero-order chi connectivity index (χ0) is 18.0. The largest absolute Gasteiger partial charge is 0.504 e. The van der Waals surface area contributed by atoms with Crippen LogP contribution in [-0.4, -0.2) is 22.9 Å². The van der Waals surface area contributed by atoms with Crippen molar-refractivity contribution in [2.24, 2.45) is 0 Å². The van der Waals surface area contributed by atoms with E-state index >= 15 is 0 Å². The third kappa shape index (κ3) is 3.51. The van der Waals surface area contributed by atoms with E-state index < -0.39 is 17.0 Å². The average molecular weight is 359 g/mol. The first-order chi connectivity index (χ1) is 12.0. The summed E-state index contributed by atoms with van der Waals surface area (Å²) in [5.41, 5.74) is 0.868. The molecule has 0 unspecified atom stereocenters. The number of phenols is 1. The molecule has 0 atom stereocenters. The molecule has 1 N–H and O–H groups in total. The minimum Gasteiger partial charge on any atom is -0.504 e. The van der Waals surface area contributed by atoms with Gasteiger partial charge in [-0.1, -0.05) is 6.07 Å². The molecule has 1 saturated heterocycles. The van der Waals surface area contributed by atoms with Crippen molar-refractivity contribution < 1.29 is 23.8 Å². The number of nitrogens with zero attached hydrogens (tertiary/aromatic N) is 1. The quantitative estimate of drug-likeness (QED) is 0.830. The molecule has 2 aromatic carbocycles. The average Bonchev–Trinajstić information content (AvgIpc) is 2.85. The number of anilines is 1. The number of benzene rings is 2. The Balaban J connectivity index is 1.87. The molecule has 7 heteroatoms. The van der Waals surface area contributed by atoms with Crippen molar-refractivity contribution in [3.8, 4) is 11.5 Å². The highest BCUT2D eigenvalue weighted by Crippen LogP contribution is 2.36. The summed E-state index contributed by atoms with van der Waals surface area (Å²) in [5, 5.41) is 9.45. The third-order valence-electron chi connectivity index (χ3n) is 3.46. The van der Waals surface area contributed by atoms with Gasteiger partial charge in [-0.3, -0.25) is 9.59 Å². The lowest BCUT2D eigenvalue weighted by molar-refractivity contribution is -0.113. The van der Waals surface area contributed by atoms with Crippen molar-refractivity contribution in [1.29, 1.82) is 0 Å². The Hall–Kier alpha value is -2.80. The van der Waals surface area contributed by atoms with Crippen molar-refractivity contribution in [3.63, 3.8) is 0 Å². The van der Waals surface area contributed by atoms with Gasteiger partial charge in [0.2, 0.25) is 0 Å². The zero-order valence-electron chi connectivity index (χ0n) is 13.2. The molecule has 1 aliphatic heterocycles. The van der Waals surface area contributed by atoms with E-state index in [9.17, 15) is 19.1 Å². The number of carbonyl (C=O) groups is 2. The monoisotopic (exact) mass is 359 g/mol. The predicted molar refractivity (Wildman–Crippen MR) is 94.1 cm³/mol. The summed E-state index contributed by atoms with van der Waals surface area (Å²) in [6.45, 7) is 2.22. The van der Waals surface area contributed by atoms with Crippen LogP contribution >= 0.6 is 11.8 Å². The highest BCUT2D eigenvalue weighted by molar-refractivity contribution is 8.19. The van der Waals surface area contributed by atoms with Crippen molar-refractivity contribution in [3.05, 3.63) is 58.8 Å². The highest BCUT2D eigenvalue weighted by atomic mass is 32.2. The summed E-state index contributed by atoms with van der Waals surface area (Å²) in [5.74, 6) is -0.640. The van der Waals surface area contributed by atoms with Gasteiger partial charge in [-0.2, -0.15) is 0 Å². The highest BCUT2D eigenvalue weighted by Gasteiger charge is 2.36. The van der Waals surface area contributed by atoms with E-state index in [1.807, 2.05) is 0 Å². The molecule has 25 heavy (non-hydrogen) atoms. The molecule has 0 radical (unpaired) electrons. The number of hydrogen-bond donors (Lipinski definition) is 1. The molecule has 5 nitrogen and oxygen atoms in total.